The Hall–Kier alpha value is -1.38. The lowest BCUT2D eigenvalue weighted by Crippen LogP contribution is -2.29. The van der Waals surface area contributed by atoms with Crippen molar-refractivity contribution in [2.75, 3.05) is 13.7 Å². The molecule has 0 fully saturated rings. The van der Waals surface area contributed by atoms with Gasteiger partial charge in [0.05, 0.1) is 8.07 Å². The summed E-state index contributed by atoms with van der Waals surface area (Å²) in [6.07, 6.45) is 8.67. The van der Waals surface area contributed by atoms with Crippen molar-refractivity contribution < 1.29 is 4.74 Å². The Morgan fingerprint density at radius 1 is 1.23 bits per heavy atom. The summed E-state index contributed by atoms with van der Waals surface area (Å²) in [6, 6.07) is 8.82. The highest BCUT2D eigenvalue weighted by atomic mass is 28.3. The number of ether oxygens (including phenoxy) is 1. The van der Waals surface area contributed by atoms with Gasteiger partial charge in [-0.15, -0.1) is 6.58 Å². The zero-order chi connectivity index (χ0) is 16.2. The van der Waals surface area contributed by atoms with Crippen LogP contribution in [0.5, 0.6) is 0 Å². The fourth-order valence-corrected chi connectivity index (χ4v) is 4.41. The van der Waals surface area contributed by atoms with E-state index in [9.17, 15) is 0 Å². The maximum absolute atomic E-state index is 5.36. The fourth-order valence-electron chi connectivity index (χ4n) is 3.23. The lowest BCUT2D eigenvalue weighted by atomic mass is 9.69. The molecule has 2 heteroatoms. The van der Waals surface area contributed by atoms with E-state index in [1.54, 1.807) is 7.11 Å². The standard InChI is InChI=1S/C20H28OSi/c1-6-12-20(14-15-21-2)13-11-17(16-22(3,4)5)18-9-7-8-10-19(18)20/h6-11,13,16H,1,12,14-15H2,2-5H3/b17-16+. The minimum Gasteiger partial charge on any atom is -0.385 e. The van der Waals surface area contributed by atoms with Gasteiger partial charge in [-0.2, -0.15) is 0 Å². The van der Waals surface area contributed by atoms with E-state index in [0.717, 1.165) is 19.4 Å². The lowest BCUT2D eigenvalue weighted by Gasteiger charge is -2.36. The Labute approximate surface area is 136 Å². The van der Waals surface area contributed by atoms with Gasteiger partial charge in [-0.05, 0) is 29.5 Å². The second-order valence-corrected chi connectivity index (χ2v) is 12.3. The lowest BCUT2D eigenvalue weighted by molar-refractivity contribution is 0.176. The normalized spacial score (nSPS) is 22.6. The molecule has 22 heavy (non-hydrogen) atoms. The molecule has 1 aliphatic rings. The summed E-state index contributed by atoms with van der Waals surface area (Å²) in [5, 5.41) is 0. The first-order chi connectivity index (χ1) is 10.4. The predicted molar refractivity (Wildman–Crippen MR) is 99.9 cm³/mol. The van der Waals surface area contributed by atoms with E-state index in [-0.39, 0.29) is 5.41 Å². The molecule has 118 valence electrons. The summed E-state index contributed by atoms with van der Waals surface area (Å²) in [4.78, 5) is 0. The smallest absolute Gasteiger partial charge is 0.0695 e. The van der Waals surface area contributed by atoms with Crippen LogP contribution in [0.2, 0.25) is 19.6 Å². The average Bonchev–Trinajstić information content (AvgIpc) is 2.47. The molecule has 2 rings (SSSR count). The fraction of sp³-hybridized carbons (Fsp3) is 0.400. The maximum atomic E-state index is 5.36. The third-order valence-corrected chi connectivity index (χ3v) is 5.38. The van der Waals surface area contributed by atoms with E-state index >= 15 is 0 Å². The van der Waals surface area contributed by atoms with Crippen LogP contribution in [-0.2, 0) is 10.2 Å². The summed E-state index contributed by atoms with van der Waals surface area (Å²) < 4.78 is 5.36. The second kappa shape index (κ2) is 6.80. The van der Waals surface area contributed by atoms with Crippen LogP contribution in [0.4, 0.5) is 0 Å². The second-order valence-electron chi connectivity index (χ2n) is 7.24. The van der Waals surface area contributed by atoms with Crippen molar-refractivity contribution in [3.63, 3.8) is 0 Å². The molecule has 0 aliphatic heterocycles. The number of hydrogen-bond donors (Lipinski definition) is 0. The summed E-state index contributed by atoms with van der Waals surface area (Å²) in [5.74, 6) is 0. The summed E-state index contributed by atoms with van der Waals surface area (Å²) >= 11 is 0. The number of allylic oxidation sites excluding steroid dienone is 4. The van der Waals surface area contributed by atoms with Gasteiger partial charge in [0.2, 0.25) is 0 Å². The van der Waals surface area contributed by atoms with Crippen LogP contribution in [0.1, 0.15) is 24.0 Å². The molecule has 1 aliphatic carbocycles. The molecule has 0 bridgehead atoms. The van der Waals surface area contributed by atoms with Gasteiger partial charge in [-0.3, -0.25) is 0 Å². The topological polar surface area (TPSA) is 9.23 Å². The number of rotatable bonds is 6. The van der Waals surface area contributed by atoms with Gasteiger partial charge >= 0.3 is 0 Å². The van der Waals surface area contributed by atoms with Crippen LogP contribution in [0.3, 0.4) is 0 Å². The van der Waals surface area contributed by atoms with Gasteiger partial charge in [0.25, 0.3) is 0 Å². The highest BCUT2D eigenvalue weighted by molar-refractivity contribution is 6.81. The molecule has 0 spiro atoms. The van der Waals surface area contributed by atoms with Crippen molar-refractivity contribution in [2.24, 2.45) is 0 Å². The third kappa shape index (κ3) is 3.68. The van der Waals surface area contributed by atoms with Crippen LogP contribution >= 0.6 is 0 Å². The van der Waals surface area contributed by atoms with Gasteiger partial charge in [-0.25, -0.2) is 0 Å². The molecule has 0 heterocycles. The van der Waals surface area contributed by atoms with E-state index in [2.05, 4.69) is 68.3 Å². The molecule has 1 unspecified atom stereocenters. The van der Waals surface area contributed by atoms with Crippen LogP contribution < -0.4 is 0 Å². The first kappa shape index (κ1) is 17.0. The van der Waals surface area contributed by atoms with Gasteiger partial charge in [0.1, 0.15) is 0 Å². The third-order valence-electron chi connectivity index (χ3n) is 4.21. The van der Waals surface area contributed by atoms with Gasteiger partial charge in [0, 0.05) is 19.1 Å². The van der Waals surface area contributed by atoms with Crippen LogP contribution in [0.25, 0.3) is 5.57 Å². The molecule has 0 N–H and O–H groups in total. The van der Waals surface area contributed by atoms with Gasteiger partial charge < -0.3 is 4.74 Å². The zero-order valence-electron chi connectivity index (χ0n) is 14.4. The Kier molecular flexibility index (Phi) is 5.25. The van der Waals surface area contributed by atoms with E-state index in [0.29, 0.717) is 0 Å². The maximum Gasteiger partial charge on any atom is 0.0695 e. The number of benzene rings is 1. The average molecular weight is 313 g/mol. The van der Waals surface area contributed by atoms with Gasteiger partial charge in [0.15, 0.2) is 0 Å². The molecule has 0 saturated heterocycles. The first-order valence-corrected chi connectivity index (χ1v) is 11.6. The van der Waals surface area contributed by atoms with Gasteiger partial charge in [-0.1, -0.05) is 67.8 Å². The van der Waals surface area contributed by atoms with Crippen molar-refractivity contribution in [1.82, 2.24) is 0 Å². The SMILES string of the molecule is C=CCC1(CCOC)C=C/C(=C\[Si](C)(C)C)c2ccccc21. The Morgan fingerprint density at radius 3 is 2.59 bits per heavy atom. The highest BCUT2D eigenvalue weighted by Crippen LogP contribution is 2.43. The van der Waals surface area contributed by atoms with Crippen molar-refractivity contribution in [1.29, 1.82) is 0 Å². The Balaban J connectivity index is 2.55. The molecule has 0 saturated carbocycles. The molecule has 0 amide bonds. The van der Waals surface area contributed by atoms with Crippen molar-refractivity contribution in [3.8, 4) is 0 Å². The molecule has 1 atom stereocenters. The Bertz CT molecular complexity index is 592. The first-order valence-electron chi connectivity index (χ1n) is 8.04. The van der Waals surface area contributed by atoms with Crippen LogP contribution in [0, 0.1) is 0 Å². The largest absolute Gasteiger partial charge is 0.385 e. The van der Waals surface area contributed by atoms with E-state index < -0.39 is 8.07 Å². The predicted octanol–water partition coefficient (Wildman–Crippen LogP) is 5.37. The highest BCUT2D eigenvalue weighted by Gasteiger charge is 2.33. The minimum absolute atomic E-state index is 0.0190. The minimum atomic E-state index is -1.26. The van der Waals surface area contributed by atoms with E-state index in [1.165, 1.54) is 16.7 Å². The van der Waals surface area contributed by atoms with Crippen LogP contribution in [0.15, 0.2) is 54.8 Å². The summed E-state index contributed by atoms with van der Waals surface area (Å²) in [7, 11) is 0.513. The van der Waals surface area contributed by atoms with Crippen molar-refractivity contribution >= 4 is 13.6 Å². The van der Waals surface area contributed by atoms with Crippen molar-refractivity contribution in [2.45, 2.75) is 37.9 Å². The molecule has 0 aromatic heterocycles. The number of methoxy groups -OCH3 is 1. The summed E-state index contributed by atoms with van der Waals surface area (Å²) in [6.45, 7) is 11.9. The number of fused-ring (bicyclic) bond motifs is 1. The quantitative estimate of drug-likeness (QED) is 0.507. The van der Waals surface area contributed by atoms with E-state index in [1.807, 2.05) is 6.08 Å². The molecular formula is C20H28OSi. The monoisotopic (exact) mass is 312 g/mol. The van der Waals surface area contributed by atoms with Crippen LogP contribution in [-0.4, -0.2) is 21.8 Å². The molecule has 0 radical (unpaired) electrons. The molecule has 1 nitrogen and oxygen atoms in total. The zero-order valence-corrected chi connectivity index (χ0v) is 15.4. The molecular weight excluding hydrogens is 284 g/mol. The Morgan fingerprint density at radius 2 is 1.95 bits per heavy atom. The summed E-state index contributed by atoms with van der Waals surface area (Å²) in [5.41, 5.74) is 6.69. The number of hydrogen-bond acceptors (Lipinski definition) is 1. The molecule has 1 aromatic carbocycles. The molecule has 1 aromatic rings. The van der Waals surface area contributed by atoms with Crippen molar-refractivity contribution in [3.05, 3.63) is 65.9 Å². The van der Waals surface area contributed by atoms with E-state index in [4.69, 9.17) is 4.74 Å².